The van der Waals surface area contributed by atoms with Gasteiger partial charge in [0, 0.05) is 0 Å². The molecule has 2 aromatic carbocycles. The molecule has 19 heavy (non-hydrogen) atoms. The van der Waals surface area contributed by atoms with Crippen molar-refractivity contribution in [1.29, 1.82) is 0 Å². The number of aryl methyl sites for hydroxylation is 1. The lowest BCUT2D eigenvalue weighted by Gasteiger charge is -2.19. The minimum Gasteiger partial charge on any atom is -0.309 e. The number of hydrogen-bond acceptors (Lipinski definition) is 1. The van der Waals surface area contributed by atoms with Gasteiger partial charge in [-0.15, -0.1) is 0 Å². The number of nitrogens with one attached hydrogen (secondary N) is 1. The van der Waals surface area contributed by atoms with Gasteiger partial charge in [-0.25, -0.2) is 4.39 Å². The molecule has 0 saturated carbocycles. The van der Waals surface area contributed by atoms with Gasteiger partial charge in [0.1, 0.15) is 5.82 Å². The van der Waals surface area contributed by atoms with E-state index in [0.717, 1.165) is 11.1 Å². The molecule has 100 valence electrons. The fraction of sp³-hybridized carbons (Fsp3) is 0.200. The molecule has 0 amide bonds. The van der Waals surface area contributed by atoms with Crippen molar-refractivity contribution < 1.29 is 4.39 Å². The third-order valence-corrected chi connectivity index (χ3v) is 3.93. The van der Waals surface area contributed by atoms with Crippen LogP contribution >= 0.6 is 23.2 Å². The molecule has 1 unspecified atom stereocenters. The Balaban J connectivity index is 2.50. The average Bonchev–Trinajstić information content (AvgIpc) is 2.39. The SMILES string of the molecule is CNC(c1ccc(F)c(C)c1)c1cccc(Cl)c1Cl. The van der Waals surface area contributed by atoms with Crippen LogP contribution in [0.5, 0.6) is 0 Å². The first-order valence-corrected chi connectivity index (χ1v) is 6.67. The monoisotopic (exact) mass is 297 g/mol. The van der Waals surface area contributed by atoms with Gasteiger partial charge in [-0.1, -0.05) is 47.5 Å². The molecule has 0 bridgehead atoms. The second-order valence-electron chi connectivity index (χ2n) is 4.37. The summed E-state index contributed by atoms with van der Waals surface area (Å²) in [5, 5.41) is 4.22. The largest absolute Gasteiger partial charge is 0.309 e. The van der Waals surface area contributed by atoms with E-state index < -0.39 is 0 Å². The summed E-state index contributed by atoms with van der Waals surface area (Å²) < 4.78 is 13.3. The van der Waals surface area contributed by atoms with E-state index in [1.807, 2.05) is 25.2 Å². The molecule has 0 saturated heterocycles. The zero-order valence-electron chi connectivity index (χ0n) is 10.7. The summed E-state index contributed by atoms with van der Waals surface area (Å²) in [7, 11) is 1.83. The second kappa shape index (κ2) is 5.91. The van der Waals surface area contributed by atoms with Gasteiger partial charge in [0.25, 0.3) is 0 Å². The van der Waals surface area contributed by atoms with Crippen molar-refractivity contribution in [3.8, 4) is 0 Å². The Labute approximate surface area is 122 Å². The van der Waals surface area contributed by atoms with Crippen molar-refractivity contribution >= 4 is 23.2 Å². The summed E-state index contributed by atoms with van der Waals surface area (Å²) in [6.45, 7) is 1.74. The van der Waals surface area contributed by atoms with Crippen molar-refractivity contribution in [3.05, 3.63) is 69.0 Å². The minimum absolute atomic E-state index is 0.120. The number of benzene rings is 2. The molecule has 1 atom stereocenters. The molecular formula is C15H14Cl2FN. The van der Waals surface area contributed by atoms with Crippen LogP contribution in [-0.4, -0.2) is 7.05 Å². The normalized spacial score (nSPS) is 12.5. The van der Waals surface area contributed by atoms with E-state index in [-0.39, 0.29) is 11.9 Å². The predicted molar refractivity (Wildman–Crippen MR) is 78.5 cm³/mol. The van der Waals surface area contributed by atoms with E-state index >= 15 is 0 Å². The van der Waals surface area contributed by atoms with Gasteiger partial charge in [-0.05, 0) is 42.8 Å². The van der Waals surface area contributed by atoms with Crippen LogP contribution < -0.4 is 5.32 Å². The van der Waals surface area contributed by atoms with Crippen LogP contribution in [0.3, 0.4) is 0 Å². The highest BCUT2D eigenvalue weighted by molar-refractivity contribution is 6.42. The molecule has 0 aliphatic carbocycles. The molecule has 0 aromatic heterocycles. The molecule has 0 spiro atoms. The molecule has 0 radical (unpaired) electrons. The zero-order valence-corrected chi connectivity index (χ0v) is 12.2. The van der Waals surface area contributed by atoms with Gasteiger partial charge in [0.2, 0.25) is 0 Å². The van der Waals surface area contributed by atoms with E-state index in [4.69, 9.17) is 23.2 Å². The van der Waals surface area contributed by atoms with E-state index in [1.165, 1.54) is 6.07 Å². The van der Waals surface area contributed by atoms with E-state index in [0.29, 0.717) is 15.6 Å². The van der Waals surface area contributed by atoms with Crippen LogP contribution in [0.25, 0.3) is 0 Å². The van der Waals surface area contributed by atoms with Crippen molar-refractivity contribution in [1.82, 2.24) is 5.32 Å². The Hall–Kier alpha value is -1.09. The lowest BCUT2D eigenvalue weighted by molar-refractivity contribution is 0.614. The quantitative estimate of drug-likeness (QED) is 0.862. The van der Waals surface area contributed by atoms with E-state index in [2.05, 4.69) is 5.32 Å². The summed E-state index contributed by atoms with van der Waals surface area (Å²) in [6, 6.07) is 10.4. The predicted octanol–water partition coefficient (Wildman–Crippen LogP) is 4.75. The lowest BCUT2D eigenvalue weighted by atomic mass is 9.97. The molecule has 0 heterocycles. The fourth-order valence-corrected chi connectivity index (χ4v) is 2.51. The van der Waals surface area contributed by atoms with Crippen LogP contribution in [0.2, 0.25) is 10.0 Å². The highest BCUT2D eigenvalue weighted by Crippen LogP contribution is 2.33. The molecule has 0 aliphatic heterocycles. The maximum absolute atomic E-state index is 13.3. The Bertz CT molecular complexity index is 599. The molecule has 1 N–H and O–H groups in total. The van der Waals surface area contributed by atoms with Gasteiger partial charge < -0.3 is 5.32 Å². The molecule has 0 fully saturated rings. The summed E-state index contributed by atoms with van der Waals surface area (Å²) in [5.74, 6) is -0.212. The van der Waals surface area contributed by atoms with Gasteiger partial charge in [-0.3, -0.25) is 0 Å². The first kappa shape index (κ1) is 14.3. The van der Waals surface area contributed by atoms with Gasteiger partial charge in [0.15, 0.2) is 0 Å². The molecule has 4 heteroatoms. The number of halogens is 3. The summed E-state index contributed by atoms with van der Waals surface area (Å²) in [4.78, 5) is 0. The zero-order chi connectivity index (χ0) is 14.0. The number of hydrogen-bond donors (Lipinski definition) is 1. The van der Waals surface area contributed by atoms with E-state index in [1.54, 1.807) is 19.1 Å². The Morgan fingerprint density at radius 3 is 2.53 bits per heavy atom. The highest BCUT2D eigenvalue weighted by atomic mass is 35.5. The third-order valence-electron chi connectivity index (χ3n) is 3.10. The topological polar surface area (TPSA) is 12.0 Å². The lowest BCUT2D eigenvalue weighted by Crippen LogP contribution is -2.18. The van der Waals surface area contributed by atoms with Crippen molar-refractivity contribution in [2.24, 2.45) is 0 Å². The van der Waals surface area contributed by atoms with Crippen LogP contribution in [0, 0.1) is 12.7 Å². The minimum atomic E-state index is -0.212. The fourth-order valence-electron chi connectivity index (χ4n) is 2.09. The Morgan fingerprint density at radius 1 is 1.16 bits per heavy atom. The maximum atomic E-state index is 13.3. The molecule has 0 aliphatic rings. The smallest absolute Gasteiger partial charge is 0.126 e. The summed E-state index contributed by atoms with van der Waals surface area (Å²) >= 11 is 12.3. The third kappa shape index (κ3) is 2.92. The van der Waals surface area contributed by atoms with Gasteiger partial charge in [-0.2, -0.15) is 0 Å². The summed E-state index contributed by atoms with van der Waals surface area (Å²) in [5.41, 5.74) is 2.43. The standard InChI is InChI=1S/C15H14Cl2FN/c1-9-8-10(6-7-13(9)18)15(19-2)11-4-3-5-12(16)14(11)17/h3-8,15,19H,1-2H3. The average molecular weight is 298 g/mol. The molecular weight excluding hydrogens is 284 g/mol. The molecule has 2 aromatic rings. The second-order valence-corrected chi connectivity index (χ2v) is 5.16. The first-order chi connectivity index (χ1) is 9.04. The van der Waals surface area contributed by atoms with Crippen LogP contribution in [0.15, 0.2) is 36.4 Å². The van der Waals surface area contributed by atoms with Gasteiger partial charge >= 0.3 is 0 Å². The van der Waals surface area contributed by atoms with Crippen molar-refractivity contribution in [3.63, 3.8) is 0 Å². The first-order valence-electron chi connectivity index (χ1n) is 5.92. The van der Waals surface area contributed by atoms with Crippen molar-refractivity contribution in [2.75, 3.05) is 7.05 Å². The Morgan fingerprint density at radius 2 is 1.89 bits per heavy atom. The van der Waals surface area contributed by atoms with Crippen LogP contribution in [0.4, 0.5) is 4.39 Å². The molecule has 2 rings (SSSR count). The van der Waals surface area contributed by atoms with Gasteiger partial charge in [0.05, 0.1) is 16.1 Å². The maximum Gasteiger partial charge on any atom is 0.126 e. The Kier molecular flexibility index (Phi) is 4.46. The van der Waals surface area contributed by atoms with E-state index in [9.17, 15) is 4.39 Å². The highest BCUT2D eigenvalue weighted by Gasteiger charge is 2.17. The summed E-state index contributed by atoms with van der Waals surface area (Å²) in [6.07, 6.45) is 0. The van der Waals surface area contributed by atoms with Crippen LogP contribution in [-0.2, 0) is 0 Å². The number of rotatable bonds is 3. The van der Waals surface area contributed by atoms with Crippen molar-refractivity contribution in [2.45, 2.75) is 13.0 Å². The van der Waals surface area contributed by atoms with Crippen LogP contribution in [0.1, 0.15) is 22.7 Å². The molecule has 1 nitrogen and oxygen atoms in total.